The van der Waals surface area contributed by atoms with Crippen LogP contribution in [0, 0.1) is 0 Å². The predicted octanol–water partition coefficient (Wildman–Crippen LogP) is 1.82. The van der Waals surface area contributed by atoms with E-state index in [1.54, 1.807) is 6.08 Å². The fourth-order valence-electron chi connectivity index (χ4n) is 1.85. The predicted molar refractivity (Wildman–Crippen MR) is 79.1 cm³/mol. The maximum absolute atomic E-state index is 10.9. The average molecular weight is 277 g/mol. The van der Waals surface area contributed by atoms with Crippen LogP contribution in [0.4, 0.5) is 0 Å². The number of carbonyl (C=O) groups is 1. The van der Waals surface area contributed by atoms with Crippen molar-refractivity contribution in [3.05, 3.63) is 48.0 Å². The Kier molecular flexibility index (Phi) is 7.62. The standard InChI is InChI=1S/C16H23NO3/c1-20-16(19)11-7-3-6-10-15(18)14(17)12-13-8-4-2-5-9-13/h2,4-6,8-10,14-15,18H,3,7,11-12,17H2,1H3/b10-6+/t14-,15+/m0/s1. The van der Waals surface area contributed by atoms with Gasteiger partial charge in [0.1, 0.15) is 0 Å². The van der Waals surface area contributed by atoms with E-state index in [9.17, 15) is 9.90 Å². The molecule has 1 aromatic carbocycles. The summed E-state index contributed by atoms with van der Waals surface area (Å²) in [5.74, 6) is -0.209. The van der Waals surface area contributed by atoms with E-state index in [1.807, 2.05) is 36.4 Å². The summed E-state index contributed by atoms with van der Waals surface area (Å²) in [7, 11) is 1.38. The first-order valence-corrected chi connectivity index (χ1v) is 6.84. The zero-order valence-corrected chi connectivity index (χ0v) is 11.9. The first kappa shape index (κ1) is 16.4. The van der Waals surface area contributed by atoms with Gasteiger partial charge in [-0.3, -0.25) is 4.79 Å². The van der Waals surface area contributed by atoms with Crippen LogP contribution in [0.15, 0.2) is 42.5 Å². The van der Waals surface area contributed by atoms with Crippen molar-refractivity contribution in [1.82, 2.24) is 0 Å². The molecule has 0 heterocycles. The van der Waals surface area contributed by atoms with Crippen LogP contribution in [0.5, 0.6) is 0 Å². The molecule has 2 atom stereocenters. The van der Waals surface area contributed by atoms with Crippen LogP contribution in [0.1, 0.15) is 24.8 Å². The first-order valence-electron chi connectivity index (χ1n) is 6.84. The summed E-state index contributed by atoms with van der Waals surface area (Å²) in [5.41, 5.74) is 7.07. The normalized spacial score (nSPS) is 14.2. The maximum atomic E-state index is 10.9. The van der Waals surface area contributed by atoms with Crippen molar-refractivity contribution in [3.8, 4) is 0 Å². The second kappa shape index (κ2) is 9.28. The van der Waals surface area contributed by atoms with E-state index < -0.39 is 6.10 Å². The van der Waals surface area contributed by atoms with Gasteiger partial charge in [0.05, 0.1) is 13.2 Å². The van der Waals surface area contributed by atoms with E-state index in [0.717, 1.165) is 12.0 Å². The van der Waals surface area contributed by atoms with Gasteiger partial charge in [-0.2, -0.15) is 0 Å². The van der Waals surface area contributed by atoms with Crippen LogP contribution in [-0.4, -0.2) is 30.3 Å². The third-order valence-electron chi connectivity index (χ3n) is 3.07. The largest absolute Gasteiger partial charge is 0.469 e. The lowest BCUT2D eigenvalue weighted by molar-refractivity contribution is -0.140. The lowest BCUT2D eigenvalue weighted by Crippen LogP contribution is -2.35. The Morgan fingerprint density at radius 2 is 2.10 bits per heavy atom. The van der Waals surface area contributed by atoms with Crippen LogP contribution in [-0.2, 0) is 16.0 Å². The molecule has 0 aliphatic carbocycles. The molecule has 0 unspecified atom stereocenters. The summed E-state index contributed by atoms with van der Waals surface area (Å²) in [6, 6.07) is 9.52. The molecule has 0 fully saturated rings. The van der Waals surface area contributed by atoms with Gasteiger partial charge in [-0.05, 0) is 24.8 Å². The zero-order valence-electron chi connectivity index (χ0n) is 11.9. The molecule has 0 saturated heterocycles. The van der Waals surface area contributed by atoms with E-state index in [0.29, 0.717) is 19.3 Å². The number of ether oxygens (including phenoxy) is 1. The van der Waals surface area contributed by atoms with Crippen molar-refractivity contribution in [3.63, 3.8) is 0 Å². The number of allylic oxidation sites excluding steroid dienone is 1. The molecule has 20 heavy (non-hydrogen) atoms. The number of aliphatic hydroxyl groups excluding tert-OH is 1. The Morgan fingerprint density at radius 3 is 2.75 bits per heavy atom. The van der Waals surface area contributed by atoms with Crippen LogP contribution >= 0.6 is 0 Å². The van der Waals surface area contributed by atoms with Crippen molar-refractivity contribution in [2.45, 2.75) is 37.8 Å². The molecule has 0 saturated carbocycles. The van der Waals surface area contributed by atoms with Crippen LogP contribution in [0.25, 0.3) is 0 Å². The van der Waals surface area contributed by atoms with Gasteiger partial charge in [0.25, 0.3) is 0 Å². The zero-order chi connectivity index (χ0) is 14.8. The minimum atomic E-state index is -0.673. The molecule has 0 aliphatic heterocycles. The number of hydrogen-bond acceptors (Lipinski definition) is 4. The van der Waals surface area contributed by atoms with E-state index in [2.05, 4.69) is 4.74 Å². The smallest absolute Gasteiger partial charge is 0.305 e. The molecule has 0 aromatic heterocycles. The van der Waals surface area contributed by atoms with Gasteiger partial charge >= 0.3 is 5.97 Å². The summed E-state index contributed by atoms with van der Waals surface area (Å²) in [6.07, 6.45) is 5.35. The molecule has 4 nitrogen and oxygen atoms in total. The van der Waals surface area contributed by atoms with E-state index in [1.165, 1.54) is 7.11 Å². The number of hydrogen-bond donors (Lipinski definition) is 2. The fraction of sp³-hybridized carbons (Fsp3) is 0.438. The highest BCUT2D eigenvalue weighted by Crippen LogP contribution is 2.06. The Bertz CT molecular complexity index is 417. The number of carbonyl (C=O) groups excluding carboxylic acids is 1. The Hall–Kier alpha value is -1.65. The number of methoxy groups -OCH3 is 1. The first-order chi connectivity index (χ1) is 9.63. The van der Waals surface area contributed by atoms with Gasteiger partial charge in [-0.15, -0.1) is 0 Å². The second-order valence-electron chi connectivity index (χ2n) is 4.74. The van der Waals surface area contributed by atoms with Crippen molar-refractivity contribution in [2.24, 2.45) is 5.73 Å². The lowest BCUT2D eigenvalue weighted by atomic mass is 10.0. The quantitative estimate of drug-likeness (QED) is 0.432. The molecule has 0 radical (unpaired) electrons. The Morgan fingerprint density at radius 1 is 1.40 bits per heavy atom. The number of esters is 1. The van der Waals surface area contributed by atoms with E-state index >= 15 is 0 Å². The molecule has 0 spiro atoms. The van der Waals surface area contributed by atoms with Crippen molar-refractivity contribution < 1.29 is 14.6 Å². The summed E-state index contributed by atoms with van der Waals surface area (Å²) in [6.45, 7) is 0. The van der Waals surface area contributed by atoms with Crippen molar-refractivity contribution >= 4 is 5.97 Å². The molecule has 0 amide bonds. The van der Waals surface area contributed by atoms with Crippen molar-refractivity contribution in [2.75, 3.05) is 7.11 Å². The Balaban J connectivity index is 2.27. The van der Waals surface area contributed by atoms with Gasteiger partial charge in [-0.25, -0.2) is 0 Å². The average Bonchev–Trinajstić information content (AvgIpc) is 2.47. The topological polar surface area (TPSA) is 72.5 Å². The SMILES string of the molecule is COC(=O)CCC/C=C/[C@@H](O)[C@@H](N)Cc1ccccc1. The fourth-order valence-corrected chi connectivity index (χ4v) is 1.85. The van der Waals surface area contributed by atoms with Crippen LogP contribution < -0.4 is 5.73 Å². The molecule has 110 valence electrons. The minimum Gasteiger partial charge on any atom is -0.469 e. The third kappa shape index (κ3) is 6.50. The highest BCUT2D eigenvalue weighted by molar-refractivity contribution is 5.69. The number of nitrogens with two attached hydrogens (primary N) is 1. The third-order valence-corrected chi connectivity index (χ3v) is 3.07. The number of aliphatic hydroxyl groups is 1. The number of benzene rings is 1. The van der Waals surface area contributed by atoms with Gasteiger partial charge in [-0.1, -0.05) is 42.5 Å². The molecular weight excluding hydrogens is 254 g/mol. The molecule has 1 aromatic rings. The lowest BCUT2D eigenvalue weighted by Gasteiger charge is -2.15. The monoisotopic (exact) mass is 277 g/mol. The molecule has 0 aliphatic rings. The summed E-state index contributed by atoms with van der Waals surface area (Å²) in [4.78, 5) is 10.9. The van der Waals surface area contributed by atoms with Gasteiger partial charge in [0.15, 0.2) is 0 Å². The highest BCUT2D eigenvalue weighted by Gasteiger charge is 2.11. The van der Waals surface area contributed by atoms with E-state index in [-0.39, 0.29) is 12.0 Å². The maximum Gasteiger partial charge on any atom is 0.305 e. The summed E-state index contributed by atoms with van der Waals surface area (Å²) >= 11 is 0. The molecule has 3 N–H and O–H groups in total. The van der Waals surface area contributed by atoms with E-state index in [4.69, 9.17) is 5.73 Å². The van der Waals surface area contributed by atoms with Gasteiger partial charge < -0.3 is 15.6 Å². The molecule has 1 rings (SSSR count). The number of unbranched alkanes of at least 4 members (excludes halogenated alkanes) is 1. The summed E-state index contributed by atoms with van der Waals surface area (Å²) in [5, 5.41) is 9.93. The second-order valence-corrected chi connectivity index (χ2v) is 4.74. The highest BCUT2D eigenvalue weighted by atomic mass is 16.5. The van der Waals surface area contributed by atoms with Gasteiger partial charge in [0, 0.05) is 12.5 Å². The van der Waals surface area contributed by atoms with Crippen LogP contribution in [0.3, 0.4) is 0 Å². The minimum absolute atomic E-state index is 0.209. The van der Waals surface area contributed by atoms with Crippen LogP contribution in [0.2, 0.25) is 0 Å². The molecule has 0 bridgehead atoms. The number of rotatable bonds is 8. The molecule has 4 heteroatoms. The molecular formula is C16H23NO3. The Labute approximate surface area is 120 Å². The summed E-state index contributed by atoms with van der Waals surface area (Å²) < 4.78 is 4.55. The van der Waals surface area contributed by atoms with Gasteiger partial charge in [0.2, 0.25) is 0 Å². The van der Waals surface area contributed by atoms with Crippen molar-refractivity contribution in [1.29, 1.82) is 0 Å².